The Labute approximate surface area is 240 Å². The van der Waals surface area contributed by atoms with E-state index in [4.69, 9.17) is 10.2 Å². The van der Waals surface area contributed by atoms with E-state index in [9.17, 15) is 5.11 Å². The van der Waals surface area contributed by atoms with Crippen molar-refractivity contribution in [2.45, 2.75) is 18.4 Å². The van der Waals surface area contributed by atoms with Gasteiger partial charge in [-0.05, 0) is 13.0 Å². The van der Waals surface area contributed by atoms with Crippen molar-refractivity contribution in [3.63, 3.8) is 0 Å². The fraction of sp³-hybridized carbons (Fsp3) is 0.118. The van der Waals surface area contributed by atoms with Crippen LogP contribution in [-0.2, 0) is 11.5 Å². The van der Waals surface area contributed by atoms with Gasteiger partial charge in [-0.3, -0.25) is 0 Å². The Kier molecular flexibility index (Phi) is 12.2. The summed E-state index contributed by atoms with van der Waals surface area (Å²) in [7, 11) is -2.36. The molecule has 0 heterocycles. The molecular formula is C34H36BrO3P. The Morgan fingerprint density at radius 1 is 0.513 bits per heavy atom. The second kappa shape index (κ2) is 15.9. The average Bonchev–Trinajstić information content (AvgIpc) is 2.99. The van der Waals surface area contributed by atoms with Crippen molar-refractivity contribution in [2.24, 2.45) is 0 Å². The zero-order chi connectivity index (χ0) is 27.9. The molecule has 5 aromatic rings. The van der Waals surface area contributed by atoms with E-state index in [-0.39, 0.29) is 6.61 Å². The topological polar surface area (TPSA) is 60.7 Å². The van der Waals surface area contributed by atoms with E-state index in [0.29, 0.717) is 16.8 Å². The van der Waals surface area contributed by atoms with Gasteiger partial charge in [-0.1, -0.05) is 34.1 Å². The molecule has 5 heteroatoms. The SMILES string of the molecule is CCO.Oc1ccccc1CBr.Oc1ccccc1C[PH](c1ccccc1)(c1ccccc1)c1ccccc1. The number of rotatable bonds is 6. The first-order valence-corrected chi connectivity index (χ1v) is 16.3. The van der Waals surface area contributed by atoms with Crippen LogP contribution in [0.3, 0.4) is 0 Å². The van der Waals surface area contributed by atoms with E-state index in [2.05, 4.69) is 107 Å². The normalized spacial score (nSPS) is 10.8. The van der Waals surface area contributed by atoms with Gasteiger partial charge in [0.05, 0.1) is 0 Å². The predicted octanol–water partition coefficient (Wildman–Crippen LogP) is 6.90. The van der Waals surface area contributed by atoms with E-state index in [1.165, 1.54) is 15.9 Å². The van der Waals surface area contributed by atoms with Crippen LogP contribution in [0.1, 0.15) is 18.1 Å². The van der Waals surface area contributed by atoms with Gasteiger partial charge in [0.25, 0.3) is 0 Å². The number of phenolic OH excluding ortho intramolecular Hbond substituents is 2. The van der Waals surface area contributed by atoms with Gasteiger partial charge in [-0.15, -0.1) is 0 Å². The van der Waals surface area contributed by atoms with E-state index in [1.54, 1.807) is 19.1 Å². The van der Waals surface area contributed by atoms with E-state index >= 15 is 0 Å². The predicted molar refractivity (Wildman–Crippen MR) is 172 cm³/mol. The van der Waals surface area contributed by atoms with E-state index in [0.717, 1.165) is 17.3 Å². The molecular weight excluding hydrogens is 567 g/mol. The summed E-state index contributed by atoms with van der Waals surface area (Å²) >= 11 is 3.25. The van der Waals surface area contributed by atoms with Gasteiger partial charge in [0.15, 0.2) is 0 Å². The summed E-state index contributed by atoms with van der Waals surface area (Å²) in [5, 5.41) is 32.0. The van der Waals surface area contributed by atoms with Gasteiger partial charge in [0.1, 0.15) is 5.75 Å². The van der Waals surface area contributed by atoms with Crippen LogP contribution in [0.5, 0.6) is 11.5 Å². The van der Waals surface area contributed by atoms with Crippen molar-refractivity contribution < 1.29 is 15.3 Å². The molecule has 5 aromatic carbocycles. The molecule has 202 valence electrons. The first-order chi connectivity index (χ1) is 19.1. The number of hydrogen-bond acceptors (Lipinski definition) is 3. The van der Waals surface area contributed by atoms with Gasteiger partial charge >= 0.3 is 161 Å². The third kappa shape index (κ3) is 8.03. The van der Waals surface area contributed by atoms with Gasteiger partial charge in [-0.25, -0.2) is 0 Å². The molecule has 0 unspecified atom stereocenters. The second-order valence-electron chi connectivity index (χ2n) is 8.89. The number of aliphatic hydroxyl groups is 1. The van der Waals surface area contributed by atoms with Crippen molar-refractivity contribution in [2.75, 3.05) is 6.61 Å². The van der Waals surface area contributed by atoms with Crippen LogP contribution in [0.25, 0.3) is 0 Å². The number of benzene rings is 5. The van der Waals surface area contributed by atoms with Crippen molar-refractivity contribution in [1.29, 1.82) is 0 Å². The molecule has 0 amide bonds. The number of phenols is 2. The van der Waals surface area contributed by atoms with Crippen molar-refractivity contribution in [3.8, 4) is 11.5 Å². The van der Waals surface area contributed by atoms with Crippen molar-refractivity contribution >= 4 is 39.1 Å². The zero-order valence-corrected chi connectivity index (χ0v) is 24.7. The third-order valence-corrected chi connectivity index (χ3v) is 11.9. The van der Waals surface area contributed by atoms with Crippen molar-refractivity contribution in [3.05, 3.63) is 151 Å². The molecule has 5 rings (SSSR count). The van der Waals surface area contributed by atoms with Gasteiger partial charge < -0.3 is 10.2 Å². The summed E-state index contributed by atoms with van der Waals surface area (Å²) < 4.78 is 0. The van der Waals surface area contributed by atoms with Gasteiger partial charge in [0.2, 0.25) is 0 Å². The Morgan fingerprint density at radius 3 is 1.13 bits per heavy atom. The molecule has 0 aromatic heterocycles. The van der Waals surface area contributed by atoms with Crippen LogP contribution >= 0.6 is 23.2 Å². The molecule has 0 saturated heterocycles. The molecule has 3 nitrogen and oxygen atoms in total. The Hall–Kier alpha value is -3.43. The second-order valence-corrected chi connectivity index (χ2v) is 13.3. The molecule has 0 aliphatic heterocycles. The van der Waals surface area contributed by atoms with E-state index in [1.807, 2.05) is 36.4 Å². The summed E-state index contributed by atoms with van der Waals surface area (Å²) in [5.41, 5.74) is 1.93. The van der Waals surface area contributed by atoms with Gasteiger partial charge in [0, 0.05) is 17.5 Å². The third-order valence-electron chi connectivity index (χ3n) is 6.38. The monoisotopic (exact) mass is 602 g/mol. The molecule has 0 radical (unpaired) electrons. The number of halogens is 1. The molecule has 0 saturated carbocycles. The number of aromatic hydroxyl groups is 2. The number of para-hydroxylation sites is 2. The molecule has 0 aliphatic rings. The maximum absolute atomic E-state index is 10.5. The number of alkyl halides is 1. The minimum atomic E-state index is -2.36. The van der Waals surface area contributed by atoms with Crippen LogP contribution in [0.2, 0.25) is 0 Å². The van der Waals surface area contributed by atoms with Crippen LogP contribution < -0.4 is 15.9 Å². The van der Waals surface area contributed by atoms with Crippen LogP contribution in [0, 0.1) is 0 Å². The minimum absolute atomic E-state index is 0.250. The number of aliphatic hydroxyl groups excluding tert-OH is 1. The summed E-state index contributed by atoms with van der Waals surface area (Å²) in [4.78, 5) is 0. The Bertz CT molecular complexity index is 1280. The van der Waals surface area contributed by atoms with Gasteiger partial charge in [-0.2, -0.15) is 0 Å². The fourth-order valence-corrected chi connectivity index (χ4v) is 9.79. The van der Waals surface area contributed by atoms with Crippen LogP contribution in [0.15, 0.2) is 140 Å². The van der Waals surface area contributed by atoms with Crippen LogP contribution in [0.4, 0.5) is 0 Å². The zero-order valence-electron chi connectivity index (χ0n) is 22.1. The summed E-state index contributed by atoms with van der Waals surface area (Å²) in [6.45, 7) is 1.93. The van der Waals surface area contributed by atoms with Crippen molar-refractivity contribution in [1.82, 2.24) is 0 Å². The molecule has 0 spiro atoms. The Morgan fingerprint density at radius 2 is 0.821 bits per heavy atom. The molecule has 0 fully saturated rings. The number of hydrogen-bond donors (Lipinski definition) is 3. The first-order valence-electron chi connectivity index (χ1n) is 12.9. The first kappa shape index (κ1) is 30.1. The quantitative estimate of drug-likeness (QED) is 0.146. The molecule has 3 N–H and O–H groups in total. The molecule has 0 atom stereocenters. The van der Waals surface area contributed by atoms with E-state index < -0.39 is 7.26 Å². The fourth-order valence-electron chi connectivity index (χ4n) is 4.54. The summed E-state index contributed by atoms with van der Waals surface area (Å²) in [5.74, 6) is 0.728. The standard InChI is InChI=1S/C25H23OP.C7H7BrO.C2H6O/c26-25-19-11-10-12-21(25)20-27(22-13-4-1-5-14-22,23-15-6-2-7-16-23)24-17-8-3-9-18-24;8-5-6-3-1-2-4-7(6)9;1-2-3/h1-19,26-27H,20H2;1-4,9H,5H2;3H,2H2,1H3. The molecule has 39 heavy (non-hydrogen) atoms. The molecule has 0 aliphatic carbocycles. The summed E-state index contributed by atoms with van der Waals surface area (Å²) in [6, 6.07) is 47.4. The maximum atomic E-state index is 10.5. The molecule has 0 bridgehead atoms. The van der Waals surface area contributed by atoms with Crippen LogP contribution in [-0.4, -0.2) is 21.9 Å². The Balaban J connectivity index is 0.000000293. The summed E-state index contributed by atoms with van der Waals surface area (Å²) in [6.07, 6.45) is 0.817. The average molecular weight is 604 g/mol.